The van der Waals surface area contributed by atoms with E-state index in [1.807, 2.05) is 19.6 Å². The molecule has 1 aliphatic carbocycles. The molecule has 1 aromatic heterocycles. The van der Waals surface area contributed by atoms with Crippen LogP contribution in [0.2, 0.25) is 0 Å². The average molecular weight is 227 g/mol. The van der Waals surface area contributed by atoms with Crippen molar-refractivity contribution < 1.29 is 0 Å². The lowest BCUT2D eigenvalue weighted by Gasteiger charge is -2.14. The normalized spacial score (nSPS) is 18.3. The zero-order valence-electron chi connectivity index (χ0n) is 10.1. The molecule has 17 heavy (non-hydrogen) atoms. The van der Waals surface area contributed by atoms with Gasteiger partial charge in [-0.1, -0.05) is 24.3 Å². The first-order chi connectivity index (χ1) is 8.34. The van der Waals surface area contributed by atoms with Crippen LogP contribution < -0.4 is 5.32 Å². The Bertz CT molecular complexity index is 516. The Morgan fingerprint density at radius 3 is 3.12 bits per heavy atom. The quantitative estimate of drug-likeness (QED) is 0.871. The van der Waals surface area contributed by atoms with Gasteiger partial charge in [0, 0.05) is 25.8 Å². The van der Waals surface area contributed by atoms with Crippen molar-refractivity contribution in [1.29, 1.82) is 0 Å². The molecule has 0 spiro atoms. The van der Waals surface area contributed by atoms with Crippen LogP contribution in [0.4, 0.5) is 0 Å². The second-order valence-electron chi connectivity index (χ2n) is 4.67. The zero-order chi connectivity index (χ0) is 11.7. The molecule has 0 fully saturated rings. The van der Waals surface area contributed by atoms with Gasteiger partial charge in [-0.3, -0.25) is 0 Å². The minimum absolute atomic E-state index is 0.501. The van der Waals surface area contributed by atoms with Crippen LogP contribution in [0.5, 0.6) is 0 Å². The second-order valence-corrected chi connectivity index (χ2v) is 4.67. The summed E-state index contributed by atoms with van der Waals surface area (Å²) in [6.45, 7) is 0.884. The number of imidazole rings is 1. The van der Waals surface area contributed by atoms with Gasteiger partial charge in [0.2, 0.25) is 0 Å². The lowest BCUT2D eigenvalue weighted by molar-refractivity contribution is 0.518. The van der Waals surface area contributed by atoms with Crippen LogP contribution in [0.15, 0.2) is 36.8 Å². The highest BCUT2D eigenvalue weighted by Gasteiger charge is 2.21. The third kappa shape index (κ3) is 1.98. The highest BCUT2D eigenvalue weighted by atomic mass is 15.0. The maximum absolute atomic E-state index is 4.13. The van der Waals surface area contributed by atoms with Crippen LogP contribution in [-0.4, -0.2) is 9.55 Å². The molecule has 1 atom stereocenters. The Morgan fingerprint density at radius 2 is 2.29 bits per heavy atom. The van der Waals surface area contributed by atoms with Crippen LogP contribution in [0.3, 0.4) is 0 Å². The van der Waals surface area contributed by atoms with Crippen molar-refractivity contribution in [2.75, 3.05) is 0 Å². The predicted molar refractivity (Wildman–Crippen MR) is 67.6 cm³/mol. The van der Waals surface area contributed by atoms with E-state index < -0.39 is 0 Å². The minimum Gasteiger partial charge on any atom is -0.337 e. The summed E-state index contributed by atoms with van der Waals surface area (Å²) in [6.07, 6.45) is 6.17. The number of benzene rings is 1. The largest absolute Gasteiger partial charge is 0.337 e. The van der Waals surface area contributed by atoms with Crippen LogP contribution in [-0.2, 0) is 20.0 Å². The van der Waals surface area contributed by atoms with E-state index >= 15 is 0 Å². The average Bonchev–Trinajstić information content (AvgIpc) is 2.93. The fourth-order valence-electron chi connectivity index (χ4n) is 2.55. The molecule has 0 aliphatic heterocycles. The Kier molecular flexibility index (Phi) is 2.69. The number of nitrogens with one attached hydrogen (secondary N) is 1. The van der Waals surface area contributed by atoms with Gasteiger partial charge in [-0.15, -0.1) is 0 Å². The second kappa shape index (κ2) is 4.34. The Hall–Kier alpha value is -1.61. The van der Waals surface area contributed by atoms with Crippen molar-refractivity contribution in [2.45, 2.75) is 25.4 Å². The van der Waals surface area contributed by atoms with E-state index in [-0.39, 0.29) is 0 Å². The first-order valence-corrected chi connectivity index (χ1v) is 6.11. The molecule has 2 aromatic rings. The van der Waals surface area contributed by atoms with Gasteiger partial charge in [-0.2, -0.15) is 0 Å². The number of hydrogen-bond donors (Lipinski definition) is 1. The van der Waals surface area contributed by atoms with E-state index in [4.69, 9.17) is 0 Å². The first kappa shape index (κ1) is 10.5. The fourth-order valence-corrected chi connectivity index (χ4v) is 2.55. The number of rotatable bonds is 3. The van der Waals surface area contributed by atoms with Gasteiger partial charge in [-0.25, -0.2) is 4.98 Å². The van der Waals surface area contributed by atoms with Gasteiger partial charge in [-0.05, 0) is 24.0 Å². The maximum Gasteiger partial charge on any atom is 0.0945 e. The standard InChI is InChI=1S/C14H17N3/c1-17-10-15-8-12(17)9-16-14-7-6-11-4-2-3-5-13(11)14/h2-5,8,10,14,16H,6-7,9H2,1H3. The molecule has 0 saturated carbocycles. The molecule has 0 amide bonds. The van der Waals surface area contributed by atoms with Crippen LogP contribution >= 0.6 is 0 Å². The molecule has 88 valence electrons. The molecule has 1 aliphatic rings. The van der Waals surface area contributed by atoms with Gasteiger partial charge >= 0.3 is 0 Å². The number of aromatic nitrogens is 2. The number of hydrogen-bond acceptors (Lipinski definition) is 2. The molecule has 1 unspecified atom stereocenters. The summed E-state index contributed by atoms with van der Waals surface area (Å²) < 4.78 is 2.06. The number of nitrogens with zero attached hydrogens (tertiary/aromatic N) is 2. The van der Waals surface area contributed by atoms with Gasteiger partial charge in [0.25, 0.3) is 0 Å². The molecular weight excluding hydrogens is 210 g/mol. The van der Waals surface area contributed by atoms with E-state index in [2.05, 4.69) is 39.1 Å². The molecule has 3 heteroatoms. The summed E-state index contributed by atoms with van der Waals surface area (Å²) >= 11 is 0. The fraction of sp³-hybridized carbons (Fsp3) is 0.357. The highest BCUT2D eigenvalue weighted by Crippen LogP contribution is 2.30. The first-order valence-electron chi connectivity index (χ1n) is 6.11. The van der Waals surface area contributed by atoms with Crippen LogP contribution in [0.25, 0.3) is 0 Å². The summed E-state index contributed by atoms with van der Waals surface area (Å²) in [4.78, 5) is 4.13. The third-order valence-corrected chi connectivity index (χ3v) is 3.58. The van der Waals surface area contributed by atoms with Crippen molar-refractivity contribution in [3.05, 3.63) is 53.6 Å². The van der Waals surface area contributed by atoms with Crippen molar-refractivity contribution in [2.24, 2.45) is 7.05 Å². The SMILES string of the molecule is Cn1cncc1CNC1CCc2ccccc21. The summed E-state index contributed by atoms with van der Waals surface area (Å²) in [5, 5.41) is 3.62. The van der Waals surface area contributed by atoms with Gasteiger partial charge < -0.3 is 9.88 Å². The molecule has 0 bridgehead atoms. The summed E-state index contributed by atoms with van der Waals surface area (Å²) in [5.41, 5.74) is 4.19. The molecule has 1 heterocycles. The monoisotopic (exact) mass is 227 g/mol. The molecule has 1 aromatic carbocycles. The molecule has 0 saturated heterocycles. The Balaban J connectivity index is 1.70. The lowest BCUT2D eigenvalue weighted by Crippen LogP contribution is -2.19. The summed E-state index contributed by atoms with van der Waals surface area (Å²) in [7, 11) is 2.03. The van der Waals surface area contributed by atoms with Gasteiger partial charge in [0.1, 0.15) is 0 Å². The summed E-state index contributed by atoms with van der Waals surface area (Å²) in [6, 6.07) is 9.23. The van der Waals surface area contributed by atoms with Gasteiger partial charge in [0.05, 0.1) is 12.0 Å². The predicted octanol–water partition coefficient (Wildman–Crippen LogP) is 2.20. The van der Waals surface area contributed by atoms with Crippen molar-refractivity contribution in [3.8, 4) is 0 Å². The van der Waals surface area contributed by atoms with E-state index in [1.54, 1.807) is 0 Å². The van der Waals surface area contributed by atoms with E-state index in [1.165, 1.54) is 29.7 Å². The zero-order valence-corrected chi connectivity index (χ0v) is 10.1. The smallest absolute Gasteiger partial charge is 0.0945 e. The third-order valence-electron chi connectivity index (χ3n) is 3.58. The lowest BCUT2D eigenvalue weighted by atomic mass is 10.1. The van der Waals surface area contributed by atoms with Crippen molar-refractivity contribution >= 4 is 0 Å². The summed E-state index contributed by atoms with van der Waals surface area (Å²) in [5.74, 6) is 0. The highest BCUT2D eigenvalue weighted by molar-refractivity contribution is 5.34. The van der Waals surface area contributed by atoms with E-state index in [0.717, 1.165) is 6.54 Å². The molecular formula is C14H17N3. The van der Waals surface area contributed by atoms with Gasteiger partial charge in [0.15, 0.2) is 0 Å². The van der Waals surface area contributed by atoms with Crippen molar-refractivity contribution in [3.63, 3.8) is 0 Å². The topological polar surface area (TPSA) is 29.9 Å². The Morgan fingerprint density at radius 1 is 1.41 bits per heavy atom. The number of fused-ring (bicyclic) bond motifs is 1. The van der Waals surface area contributed by atoms with Crippen LogP contribution in [0, 0.1) is 0 Å². The number of aryl methyl sites for hydroxylation is 2. The molecule has 3 nitrogen and oxygen atoms in total. The molecule has 3 rings (SSSR count). The maximum atomic E-state index is 4.13. The van der Waals surface area contributed by atoms with Crippen LogP contribution in [0.1, 0.15) is 29.3 Å². The van der Waals surface area contributed by atoms with E-state index in [9.17, 15) is 0 Å². The van der Waals surface area contributed by atoms with E-state index in [0.29, 0.717) is 6.04 Å². The molecule has 1 N–H and O–H groups in total. The molecule has 0 radical (unpaired) electrons. The van der Waals surface area contributed by atoms with Crippen molar-refractivity contribution in [1.82, 2.24) is 14.9 Å². The Labute approximate surface area is 101 Å². The minimum atomic E-state index is 0.501.